The first-order valence-electron chi connectivity index (χ1n) is 5.67. The average Bonchev–Trinajstić information content (AvgIpc) is 2.40. The van der Waals surface area contributed by atoms with Gasteiger partial charge in [-0.1, -0.05) is 6.07 Å². The Morgan fingerprint density at radius 3 is 2.95 bits per heavy atom. The fourth-order valence-electron chi connectivity index (χ4n) is 1.55. The minimum absolute atomic E-state index is 0.126. The van der Waals surface area contributed by atoms with Gasteiger partial charge in [-0.25, -0.2) is 0 Å². The molecular formula is C13H13N5S. The van der Waals surface area contributed by atoms with Crippen molar-refractivity contribution in [3.05, 3.63) is 59.7 Å². The first-order chi connectivity index (χ1) is 9.24. The van der Waals surface area contributed by atoms with Crippen LogP contribution in [0.3, 0.4) is 0 Å². The molecule has 3 N–H and O–H groups in total. The van der Waals surface area contributed by atoms with E-state index in [1.54, 1.807) is 18.6 Å². The summed E-state index contributed by atoms with van der Waals surface area (Å²) in [6.45, 7) is 0. The molecule has 0 atom stereocenters. The molecular weight excluding hydrogens is 258 g/mol. The number of hydrazone groups is 1. The van der Waals surface area contributed by atoms with Crippen molar-refractivity contribution in [3.8, 4) is 0 Å². The second-order valence-electron chi connectivity index (χ2n) is 3.82. The van der Waals surface area contributed by atoms with Crippen LogP contribution in [0.1, 0.15) is 17.0 Å². The molecule has 0 aromatic carbocycles. The molecule has 6 heteroatoms. The molecule has 0 spiro atoms. The molecule has 0 aliphatic heterocycles. The topological polar surface area (TPSA) is 76.2 Å². The van der Waals surface area contributed by atoms with Crippen molar-refractivity contribution < 1.29 is 0 Å². The Bertz CT molecular complexity index is 583. The van der Waals surface area contributed by atoms with Gasteiger partial charge in [-0.3, -0.25) is 15.4 Å². The van der Waals surface area contributed by atoms with Gasteiger partial charge in [0.15, 0.2) is 5.11 Å². The summed E-state index contributed by atoms with van der Waals surface area (Å²) in [5.41, 5.74) is 10.6. The predicted octanol–water partition coefficient (Wildman–Crippen LogP) is 1.23. The number of hydrogen-bond acceptors (Lipinski definition) is 4. The van der Waals surface area contributed by atoms with Crippen molar-refractivity contribution in [2.24, 2.45) is 10.8 Å². The summed E-state index contributed by atoms with van der Waals surface area (Å²) < 4.78 is 0. The van der Waals surface area contributed by atoms with Gasteiger partial charge in [0.05, 0.1) is 11.9 Å². The molecule has 0 aliphatic carbocycles. The molecule has 0 fully saturated rings. The van der Waals surface area contributed by atoms with Crippen LogP contribution in [0, 0.1) is 0 Å². The molecule has 0 saturated carbocycles. The maximum Gasteiger partial charge on any atom is 0.184 e. The molecule has 2 rings (SSSR count). The van der Waals surface area contributed by atoms with Crippen LogP contribution in [-0.4, -0.2) is 21.3 Å². The number of pyridine rings is 2. The lowest BCUT2D eigenvalue weighted by Crippen LogP contribution is -2.24. The number of rotatable bonds is 4. The Morgan fingerprint density at radius 1 is 1.32 bits per heavy atom. The van der Waals surface area contributed by atoms with E-state index in [0.717, 1.165) is 23.4 Å². The van der Waals surface area contributed by atoms with Gasteiger partial charge < -0.3 is 5.73 Å². The summed E-state index contributed by atoms with van der Waals surface area (Å²) in [5, 5.41) is 4.00. The number of nitrogens with two attached hydrogens (primary N) is 1. The summed E-state index contributed by atoms with van der Waals surface area (Å²) in [6.07, 6.45) is 5.85. The number of hydrogen-bond donors (Lipinski definition) is 2. The van der Waals surface area contributed by atoms with Gasteiger partial charge in [0.2, 0.25) is 0 Å². The predicted molar refractivity (Wildman–Crippen MR) is 78.8 cm³/mol. The first kappa shape index (κ1) is 13.1. The maximum atomic E-state index is 5.27. The molecule has 19 heavy (non-hydrogen) atoms. The fourth-order valence-corrected chi connectivity index (χ4v) is 1.60. The molecule has 96 valence electrons. The zero-order valence-corrected chi connectivity index (χ0v) is 11.0. The van der Waals surface area contributed by atoms with Crippen molar-refractivity contribution in [2.45, 2.75) is 6.42 Å². The second kappa shape index (κ2) is 6.55. The highest BCUT2D eigenvalue weighted by Crippen LogP contribution is 2.06. The normalized spacial score (nSPS) is 10.5. The summed E-state index contributed by atoms with van der Waals surface area (Å²) >= 11 is 4.65. The van der Waals surface area contributed by atoms with Crippen LogP contribution in [0.4, 0.5) is 0 Å². The third kappa shape index (κ3) is 4.44. The second-order valence-corrected chi connectivity index (χ2v) is 4.26. The van der Waals surface area contributed by atoms with Crippen molar-refractivity contribution in [2.75, 3.05) is 0 Å². The van der Waals surface area contributed by atoms with Crippen molar-refractivity contribution >= 4 is 23.5 Å². The van der Waals surface area contributed by atoms with Crippen LogP contribution in [-0.2, 0) is 6.42 Å². The van der Waals surface area contributed by atoms with E-state index in [2.05, 4.69) is 32.7 Å². The van der Waals surface area contributed by atoms with E-state index in [1.807, 2.05) is 30.3 Å². The number of aromatic nitrogens is 2. The SMILES string of the molecule is NC(=S)N/N=C/c1cc(Cc2ccccn2)ccn1. The molecule has 2 aromatic rings. The van der Waals surface area contributed by atoms with E-state index < -0.39 is 0 Å². The molecule has 0 radical (unpaired) electrons. The zero-order valence-electron chi connectivity index (χ0n) is 10.2. The molecule has 0 aliphatic rings. The van der Waals surface area contributed by atoms with E-state index in [0.29, 0.717) is 0 Å². The number of nitrogens with one attached hydrogen (secondary N) is 1. The lowest BCUT2D eigenvalue weighted by atomic mass is 10.1. The molecule has 5 nitrogen and oxygen atoms in total. The van der Waals surface area contributed by atoms with E-state index in [1.165, 1.54) is 0 Å². The summed E-state index contributed by atoms with van der Waals surface area (Å²) in [6, 6.07) is 9.75. The third-order valence-corrected chi connectivity index (χ3v) is 2.42. The average molecular weight is 271 g/mol. The van der Waals surface area contributed by atoms with Crippen LogP contribution in [0.25, 0.3) is 0 Å². The van der Waals surface area contributed by atoms with E-state index in [9.17, 15) is 0 Å². The minimum Gasteiger partial charge on any atom is -0.375 e. The van der Waals surface area contributed by atoms with Gasteiger partial charge in [0, 0.05) is 24.5 Å². The Kier molecular flexibility index (Phi) is 4.52. The van der Waals surface area contributed by atoms with Crippen molar-refractivity contribution in [3.63, 3.8) is 0 Å². The summed E-state index contributed by atoms with van der Waals surface area (Å²) in [4.78, 5) is 8.47. The first-order valence-corrected chi connectivity index (χ1v) is 6.08. The summed E-state index contributed by atoms with van der Waals surface area (Å²) in [5.74, 6) is 0. The largest absolute Gasteiger partial charge is 0.375 e. The minimum atomic E-state index is 0.126. The highest BCUT2D eigenvalue weighted by atomic mass is 32.1. The van der Waals surface area contributed by atoms with Gasteiger partial charge in [0.25, 0.3) is 0 Å². The summed E-state index contributed by atoms with van der Waals surface area (Å²) in [7, 11) is 0. The van der Waals surface area contributed by atoms with Crippen LogP contribution in [0.5, 0.6) is 0 Å². The molecule has 2 heterocycles. The van der Waals surface area contributed by atoms with Gasteiger partial charge in [-0.15, -0.1) is 0 Å². The van der Waals surface area contributed by atoms with Crippen molar-refractivity contribution in [1.82, 2.24) is 15.4 Å². The lowest BCUT2D eigenvalue weighted by Gasteiger charge is -2.01. The Hall–Kier alpha value is -2.34. The zero-order chi connectivity index (χ0) is 13.5. The lowest BCUT2D eigenvalue weighted by molar-refractivity contribution is 1.03. The van der Waals surface area contributed by atoms with Gasteiger partial charge >= 0.3 is 0 Å². The van der Waals surface area contributed by atoms with Crippen LogP contribution < -0.4 is 11.2 Å². The quantitative estimate of drug-likeness (QED) is 0.497. The molecule has 0 bridgehead atoms. The monoisotopic (exact) mass is 271 g/mol. The Labute approximate surface area is 116 Å². The highest BCUT2D eigenvalue weighted by Gasteiger charge is 1.98. The number of nitrogens with zero attached hydrogens (tertiary/aromatic N) is 3. The highest BCUT2D eigenvalue weighted by molar-refractivity contribution is 7.80. The van der Waals surface area contributed by atoms with Crippen LogP contribution in [0.15, 0.2) is 47.8 Å². The van der Waals surface area contributed by atoms with E-state index >= 15 is 0 Å². The van der Waals surface area contributed by atoms with Crippen LogP contribution >= 0.6 is 12.2 Å². The number of thiocarbonyl (C=S) groups is 1. The van der Waals surface area contributed by atoms with Gasteiger partial charge in [-0.2, -0.15) is 5.10 Å². The molecule has 0 unspecified atom stereocenters. The maximum absolute atomic E-state index is 5.27. The third-order valence-electron chi connectivity index (χ3n) is 2.33. The van der Waals surface area contributed by atoms with Gasteiger partial charge in [-0.05, 0) is 42.0 Å². The standard InChI is InChI=1S/C13H13N5S/c14-13(19)18-17-9-12-8-10(4-6-16-12)7-11-3-1-2-5-15-11/h1-6,8-9H,7H2,(H3,14,18,19)/b17-9+. The van der Waals surface area contributed by atoms with E-state index in [-0.39, 0.29) is 5.11 Å². The van der Waals surface area contributed by atoms with E-state index in [4.69, 9.17) is 5.73 Å². The Balaban J connectivity index is 2.07. The smallest absolute Gasteiger partial charge is 0.184 e. The molecule has 2 aromatic heterocycles. The van der Waals surface area contributed by atoms with Crippen molar-refractivity contribution in [1.29, 1.82) is 0 Å². The van der Waals surface area contributed by atoms with Gasteiger partial charge in [0.1, 0.15) is 0 Å². The van der Waals surface area contributed by atoms with Crippen LogP contribution in [0.2, 0.25) is 0 Å². The molecule has 0 saturated heterocycles. The Morgan fingerprint density at radius 2 is 2.21 bits per heavy atom. The molecule has 0 amide bonds. The fraction of sp³-hybridized carbons (Fsp3) is 0.0769.